The molecule has 0 aliphatic carbocycles. The van der Waals surface area contributed by atoms with Gasteiger partial charge in [0.25, 0.3) is 0 Å². The second-order valence-electron chi connectivity index (χ2n) is 12.4. The molecule has 3 atom stereocenters. The second-order valence-corrected chi connectivity index (χ2v) is 15.4. The normalized spacial score (nSPS) is 15.4. The van der Waals surface area contributed by atoms with E-state index in [1.807, 2.05) is 56.5 Å². The smallest absolute Gasteiger partial charge is 0.321 e. The number of carbonyl (C=O) groups excluding carboxylic acids is 3. The van der Waals surface area contributed by atoms with Gasteiger partial charge in [0.1, 0.15) is 11.8 Å². The summed E-state index contributed by atoms with van der Waals surface area (Å²) in [5, 5.41) is 19.9. The zero-order chi connectivity index (χ0) is 35.7. The minimum Gasteiger partial charge on any atom is -0.497 e. The number of amides is 4. The van der Waals surface area contributed by atoms with Crippen LogP contribution in [0.2, 0.25) is 0 Å². The first kappa shape index (κ1) is 37.8. The average Bonchev–Trinajstić information content (AvgIpc) is 3.66. The van der Waals surface area contributed by atoms with Crippen LogP contribution in [0.3, 0.4) is 0 Å². The van der Waals surface area contributed by atoms with Crippen LogP contribution in [-0.2, 0) is 32.6 Å². The highest BCUT2D eigenvalue weighted by molar-refractivity contribution is 7.89. The van der Waals surface area contributed by atoms with Crippen LogP contribution >= 0.6 is 11.3 Å². The fraction of sp³-hybridized carbons (Fsp3) is 0.471. The number of sulfonamides is 1. The van der Waals surface area contributed by atoms with Gasteiger partial charge < -0.3 is 30.3 Å². The predicted molar refractivity (Wildman–Crippen MR) is 187 cm³/mol. The first-order valence-corrected chi connectivity index (χ1v) is 18.5. The number of ether oxygens (including phenoxy) is 1. The number of nitrogens with one attached hydrogen (secondary N) is 2. The van der Waals surface area contributed by atoms with E-state index >= 15 is 0 Å². The van der Waals surface area contributed by atoms with E-state index in [1.54, 1.807) is 17.0 Å². The molecule has 49 heavy (non-hydrogen) atoms. The maximum absolute atomic E-state index is 14.1. The second kappa shape index (κ2) is 17.1. The number of aromatic nitrogens is 1. The quantitative estimate of drug-likeness (QED) is 0.192. The third kappa shape index (κ3) is 10.00. The monoisotopic (exact) mass is 714 g/mol. The first-order valence-electron chi connectivity index (χ1n) is 16.2. The lowest BCUT2D eigenvalue weighted by molar-refractivity contribution is -0.131. The SMILES string of the molecule is CNC(=O)CC(C(=O)N[C@@H](Cc1ccccc1)[C@H](O)CN(CC(C)C)S(=O)(=O)c1ccc(OC)cc1)N1CCN(Cc2csc(C)n2)C1=O. The molecule has 3 N–H and O–H groups in total. The van der Waals surface area contributed by atoms with E-state index in [0.29, 0.717) is 12.3 Å². The van der Waals surface area contributed by atoms with Crippen molar-refractivity contribution in [1.29, 1.82) is 0 Å². The van der Waals surface area contributed by atoms with Crippen LogP contribution in [-0.4, -0.2) is 109 Å². The molecule has 1 fully saturated rings. The van der Waals surface area contributed by atoms with Gasteiger partial charge in [0.2, 0.25) is 21.8 Å². The molecule has 4 amide bonds. The van der Waals surface area contributed by atoms with Gasteiger partial charge in [-0.2, -0.15) is 4.31 Å². The summed E-state index contributed by atoms with van der Waals surface area (Å²) in [6.07, 6.45) is -1.48. The number of carbonyl (C=O) groups is 3. The van der Waals surface area contributed by atoms with Crippen molar-refractivity contribution in [2.24, 2.45) is 5.92 Å². The third-order valence-corrected chi connectivity index (χ3v) is 10.9. The van der Waals surface area contributed by atoms with Crippen LogP contribution in [0.25, 0.3) is 0 Å². The van der Waals surface area contributed by atoms with Crippen LogP contribution in [0.5, 0.6) is 5.75 Å². The molecule has 2 heterocycles. The molecule has 0 saturated carbocycles. The van der Waals surface area contributed by atoms with E-state index in [2.05, 4.69) is 15.6 Å². The number of rotatable bonds is 17. The van der Waals surface area contributed by atoms with Gasteiger partial charge in [-0.3, -0.25) is 9.59 Å². The highest BCUT2D eigenvalue weighted by Crippen LogP contribution is 2.23. The van der Waals surface area contributed by atoms with Gasteiger partial charge in [0.05, 0.1) is 47.8 Å². The Bertz CT molecular complexity index is 1670. The molecule has 0 bridgehead atoms. The summed E-state index contributed by atoms with van der Waals surface area (Å²) in [7, 11) is -1.10. The molecule has 1 aliphatic rings. The average molecular weight is 715 g/mol. The predicted octanol–water partition coefficient (Wildman–Crippen LogP) is 2.64. The van der Waals surface area contributed by atoms with E-state index in [0.717, 1.165) is 16.3 Å². The lowest BCUT2D eigenvalue weighted by Crippen LogP contribution is -2.57. The molecule has 1 aromatic heterocycles. The molecule has 0 spiro atoms. The van der Waals surface area contributed by atoms with E-state index in [9.17, 15) is 27.9 Å². The van der Waals surface area contributed by atoms with Crippen molar-refractivity contribution in [3.8, 4) is 5.75 Å². The molecule has 266 valence electrons. The van der Waals surface area contributed by atoms with Crippen molar-refractivity contribution in [2.45, 2.75) is 63.2 Å². The number of hydrogen-bond donors (Lipinski definition) is 3. The first-order chi connectivity index (χ1) is 23.3. The summed E-state index contributed by atoms with van der Waals surface area (Å²) in [4.78, 5) is 47.7. The van der Waals surface area contributed by atoms with Gasteiger partial charge in [-0.25, -0.2) is 18.2 Å². The Morgan fingerprint density at radius 2 is 1.78 bits per heavy atom. The van der Waals surface area contributed by atoms with E-state index in [-0.39, 0.29) is 49.8 Å². The maximum atomic E-state index is 14.1. The van der Waals surface area contributed by atoms with Crippen LogP contribution in [0.4, 0.5) is 4.79 Å². The van der Waals surface area contributed by atoms with E-state index < -0.39 is 46.1 Å². The van der Waals surface area contributed by atoms with Crippen LogP contribution in [0, 0.1) is 12.8 Å². The molecule has 2 aromatic carbocycles. The minimum absolute atomic E-state index is 0.0420. The molecule has 15 heteroatoms. The number of hydrogen-bond acceptors (Lipinski definition) is 9. The van der Waals surface area contributed by atoms with Crippen molar-refractivity contribution in [3.05, 3.63) is 76.2 Å². The van der Waals surface area contributed by atoms with E-state index in [1.165, 1.54) is 46.8 Å². The molecule has 4 rings (SSSR count). The van der Waals surface area contributed by atoms with Crippen molar-refractivity contribution in [1.82, 2.24) is 29.7 Å². The fourth-order valence-corrected chi connectivity index (χ4v) is 7.90. The van der Waals surface area contributed by atoms with Gasteiger partial charge >= 0.3 is 6.03 Å². The van der Waals surface area contributed by atoms with Gasteiger partial charge in [0.15, 0.2) is 0 Å². The molecule has 1 aliphatic heterocycles. The highest BCUT2D eigenvalue weighted by Gasteiger charge is 2.40. The number of thiazole rings is 1. The summed E-state index contributed by atoms with van der Waals surface area (Å²) in [5.74, 6) is -0.632. The molecule has 13 nitrogen and oxygen atoms in total. The Labute approximate surface area is 292 Å². The lowest BCUT2D eigenvalue weighted by atomic mass is 9.99. The maximum Gasteiger partial charge on any atom is 0.321 e. The molecule has 3 aromatic rings. The van der Waals surface area contributed by atoms with Crippen molar-refractivity contribution in [2.75, 3.05) is 40.3 Å². The van der Waals surface area contributed by atoms with E-state index in [4.69, 9.17) is 4.74 Å². The fourth-order valence-electron chi connectivity index (χ4n) is 5.68. The van der Waals surface area contributed by atoms with Crippen molar-refractivity contribution < 1.29 is 32.6 Å². The van der Waals surface area contributed by atoms with Crippen LogP contribution < -0.4 is 15.4 Å². The summed E-state index contributed by atoms with van der Waals surface area (Å²) in [5.41, 5.74) is 1.54. The van der Waals surface area contributed by atoms with Gasteiger partial charge in [-0.15, -0.1) is 11.3 Å². The zero-order valence-electron chi connectivity index (χ0n) is 28.5. The Kier molecular flexibility index (Phi) is 13.1. The van der Waals surface area contributed by atoms with Crippen molar-refractivity contribution in [3.63, 3.8) is 0 Å². The van der Waals surface area contributed by atoms with Gasteiger partial charge in [-0.1, -0.05) is 44.2 Å². The molecular weight excluding hydrogens is 669 g/mol. The largest absolute Gasteiger partial charge is 0.497 e. The van der Waals surface area contributed by atoms with Crippen LogP contribution in [0.15, 0.2) is 64.9 Å². The Hall–Kier alpha value is -4.05. The summed E-state index contributed by atoms with van der Waals surface area (Å²) < 4.78 is 34.1. The summed E-state index contributed by atoms with van der Waals surface area (Å²) in [6.45, 7) is 6.27. The lowest BCUT2D eigenvalue weighted by Gasteiger charge is -2.33. The Morgan fingerprint density at radius 3 is 2.37 bits per heavy atom. The Balaban J connectivity index is 1.60. The van der Waals surface area contributed by atoms with Gasteiger partial charge in [-0.05, 0) is 49.1 Å². The molecule has 0 radical (unpaired) electrons. The summed E-state index contributed by atoms with van der Waals surface area (Å²) in [6, 6.07) is 12.7. The number of aliphatic hydroxyl groups excluding tert-OH is 1. The number of nitrogens with zero attached hydrogens (tertiary/aromatic N) is 4. The number of aryl methyl sites for hydroxylation is 1. The number of benzene rings is 2. The molecule has 1 saturated heterocycles. The Morgan fingerprint density at radius 1 is 1.08 bits per heavy atom. The van der Waals surface area contributed by atoms with Crippen LogP contribution in [0.1, 0.15) is 36.5 Å². The highest BCUT2D eigenvalue weighted by atomic mass is 32.2. The van der Waals surface area contributed by atoms with Crippen molar-refractivity contribution >= 4 is 39.2 Å². The molecular formula is C34H46N6O7S2. The standard InChI is InChI=1S/C34H46N6O7S2/c1-23(2)19-39(49(45,46)28-13-11-27(47-5)12-14-28)21-31(41)29(17-25-9-7-6-8-10-25)37-33(43)30(18-32(42)35-4)40-16-15-38(34(40)44)20-26-22-48-24(3)36-26/h6-14,22-23,29-31,41H,15-21H2,1-5H3,(H,35,42)(H,37,43)/t29-,30?,31+/m0/s1. The summed E-state index contributed by atoms with van der Waals surface area (Å²) >= 11 is 1.48. The number of aliphatic hydroxyl groups is 1. The third-order valence-electron chi connectivity index (χ3n) is 8.23. The zero-order valence-corrected chi connectivity index (χ0v) is 30.2. The topological polar surface area (TPSA) is 161 Å². The number of urea groups is 1. The molecule has 1 unspecified atom stereocenters. The van der Waals surface area contributed by atoms with Gasteiger partial charge in [0, 0.05) is 38.6 Å². The number of methoxy groups -OCH3 is 1. The minimum atomic E-state index is -4.05.